The molecule has 2 aromatic rings. The lowest BCUT2D eigenvalue weighted by molar-refractivity contribution is 0.0880. The van der Waals surface area contributed by atoms with Gasteiger partial charge in [0.2, 0.25) is 0 Å². The lowest BCUT2D eigenvalue weighted by Crippen LogP contribution is -2.20. The van der Waals surface area contributed by atoms with Crippen LogP contribution in [0.5, 0.6) is 0 Å². The van der Waals surface area contributed by atoms with Crippen LogP contribution in [-0.2, 0) is 12.8 Å². The fraction of sp³-hybridized carbons (Fsp3) is 0.222. The van der Waals surface area contributed by atoms with Crippen LogP contribution >= 0.6 is 0 Å². The molecule has 2 amide bonds. The van der Waals surface area contributed by atoms with Crippen molar-refractivity contribution in [3.8, 4) is 11.1 Å². The van der Waals surface area contributed by atoms with Crippen molar-refractivity contribution >= 4 is 11.8 Å². The molecule has 0 saturated carbocycles. The fourth-order valence-corrected chi connectivity index (χ4v) is 3.07. The molecule has 106 valence electrons. The van der Waals surface area contributed by atoms with Gasteiger partial charge in [0.05, 0.1) is 11.1 Å². The average molecular weight is 279 g/mol. The number of amides is 2. The Morgan fingerprint density at radius 2 is 1.62 bits per heavy atom. The minimum atomic E-state index is -0.287. The van der Waals surface area contributed by atoms with Gasteiger partial charge in [-0.25, -0.2) is 0 Å². The molecule has 1 N–H and O–H groups in total. The normalized spacial score (nSPS) is 13.2. The first-order valence-corrected chi connectivity index (χ1v) is 7.27. The Hall–Kier alpha value is -2.42. The number of imide groups is 1. The summed E-state index contributed by atoms with van der Waals surface area (Å²) in [6, 6.07) is 11.7. The van der Waals surface area contributed by atoms with Crippen LogP contribution in [0.25, 0.3) is 11.1 Å². The second kappa shape index (κ2) is 5.17. The summed E-state index contributed by atoms with van der Waals surface area (Å²) in [6.45, 7) is 4.16. The van der Waals surface area contributed by atoms with Crippen molar-refractivity contribution in [1.29, 1.82) is 0 Å². The van der Waals surface area contributed by atoms with Gasteiger partial charge in [-0.3, -0.25) is 14.9 Å². The lowest BCUT2D eigenvalue weighted by Gasteiger charge is -2.16. The van der Waals surface area contributed by atoms with Crippen LogP contribution in [0.2, 0.25) is 0 Å². The highest BCUT2D eigenvalue weighted by molar-refractivity contribution is 6.24. The first-order valence-electron chi connectivity index (χ1n) is 7.27. The van der Waals surface area contributed by atoms with E-state index in [1.807, 2.05) is 36.4 Å². The predicted molar refractivity (Wildman–Crippen MR) is 82.4 cm³/mol. The van der Waals surface area contributed by atoms with Crippen molar-refractivity contribution in [1.82, 2.24) is 5.32 Å². The van der Waals surface area contributed by atoms with E-state index in [0.717, 1.165) is 35.1 Å². The number of rotatable bonds is 3. The maximum Gasteiger partial charge on any atom is 0.259 e. The zero-order valence-electron chi connectivity index (χ0n) is 12.2. The quantitative estimate of drug-likeness (QED) is 0.876. The van der Waals surface area contributed by atoms with Crippen molar-refractivity contribution in [3.05, 3.63) is 58.7 Å². The standard InChI is InChI=1S/C18H17NO2/c1-3-11-10-14-16(18(21)19-17(14)20)15(13(11)4-2)12-8-6-5-7-9-12/h5-10H,3-4H2,1-2H3,(H,19,20,21). The van der Waals surface area contributed by atoms with Gasteiger partial charge in [-0.15, -0.1) is 0 Å². The molecule has 2 aromatic carbocycles. The SMILES string of the molecule is CCc1cc2c(c(-c3ccccc3)c1CC)C(=O)NC2=O. The summed E-state index contributed by atoms with van der Waals surface area (Å²) in [5.41, 5.74) is 5.24. The molecule has 3 nitrogen and oxygen atoms in total. The molecular weight excluding hydrogens is 262 g/mol. The molecule has 0 atom stereocenters. The Morgan fingerprint density at radius 3 is 2.24 bits per heavy atom. The van der Waals surface area contributed by atoms with Crippen LogP contribution in [0.15, 0.2) is 36.4 Å². The van der Waals surface area contributed by atoms with Crippen molar-refractivity contribution in [2.45, 2.75) is 26.7 Å². The summed E-state index contributed by atoms with van der Waals surface area (Å²) < 4.78 is 0. The highest BCUT2D eigenvalue weighted by atomic mass is 16.2. The van der Waals surface area contributed by atoms with Gasteiger partial charge in [0.15, 0.2) is 0 Å². The van der Waals surface area contributed by atoms with Gasteiger partial charge in [-0.2, -0.15) is 0 Å². The largest absolute Gasteiger partial charge is 0.288 e. The summed E-state index contributed by atoms with van der Waals surface area (Å²) in [7, 11) is 0. The van der Waals surface area contributed by atoms with Gasteiger partial charge in [0.25, 0.3) is 11.8 Å². The Labute approximate surface area is 124 Å². The monoisotopic (exact) mass is 279 g/mol. The van der Waals surface area contributed by atoms with Gasteiger partial charge in [0, 0.05) is 0 Å². The first-order chi connectivity index (χ1) is 10.2. The number of benzene rings is 2. The van der Waals surface area contributed by atoms with E-state index in [4.69, 9.17) is 0 Å². The Balaban J connectivity index is 2.40. The van der Waals surface area contributed by atoms with Gasteiger partial charge < -0.3 is 0 Å². The van der Waals surface area contributed by atoms with E-state index in [1.54, 1.807) is 0 Å². The summed E-state index contributed by atoms with van der Waals surface area (Å²) in [5.74, 6) is -0.573. The van der Waals surface area contributed by atoms with Crippen LogP contribution < -0.4 is 5.32 Å². The van der Waals surface area contributed by atoms with Gasteiger partial charge >= 0.3 is 0 Å². The maximum absolute atomic E-state index is 12.2. The topological polar surface area (TPSA) is 46.2 Å². The lowest BCUT2D eigenvalue weighted by atomic mass is 9.86. The van der Waals surface area contributed by atoms with E-state index in [1.165, 1.54) is 0 Å². The zero-order valence-corrected chi connectivity index (χ0v) is 12.2. The number of aryl methyl sites for hydroxylation is 1. The summed E-state index contributed by atoms with van der Waals surface area (Å²) in [5, 5.41) is 2.42. The molecule has 0 unspecified atom stereocenters. The molecule has 0 radical (unpaired) electrons. The molecule has 0 fully saturated rings. The van der Waals surface area contributed by atoms with Crippen LogP contribution in [-0.4, -0.2) is 11.8 Å². The van der Waals surface area contributed by atoms with E-state index >= 15 is 0 Å². The molecular formula is C18H17NO2. The van der Waals surface area contributed by atoms with E-state index in [9.17, 15) is 9.59 Å². The number of carbonyl (C=O) groups excluding carboxylic acids is 2. The molecule has 21 heavy (non-hydrogen) atoms. The highest BCUT2D eigenvalue weighted by Gasteiger charge is 2.32. The van der Waals surface area contributed by atoms with Crippen LogP contribution in [0.3, 0.4) is 0 Å². The van der Waals surface area contributed by atoms with Crippen LogP contribution in [0.4, 0.5) is 0 Å². The summed E-state index contributed by atoms with van der Waals surface area (Å²) in [4.78, 5) is 24.2. The van der Waals surface area contributed by atoms with E-state index in [2.05, 4.69) is 19.2 Å². The molecule has 3 heteroatoms. The fourth-order valence-electron chi connectivity index (χ4n) is 3.07. The predicted octanol–water partition coefficient (Wildman–Crippen LogP) is 3.36. The van der Waals surface area contributed by atoms with Crippen molar-refractivity contribution < 1.29 is 9.59 Å². The number of hydrogen-bond acceptors (Lipinski definition) is 2. The molecule has 1 aliphatic heterocycles. The number of nitrogens with one attached hydrogen (secondary N) is 1. The third kappa shape index (κ3) is 2.05. The van der Waals surface area contributed by atoms with Crippen molar-refractivity contribution in [3.63, 3.8) is 0 Å². The number of hydrogen-bond donors (Lipinski definition) is 1. The second-order valence-corrected chi connectivity index (χ2v) is 5.17. The van der Waals surface area contributed by atoms with Crippen molar-refractivity contribution in [2.24, 2.45) is 0 Å². The Kier molecular flexibility index (Phi) is 3.34. The van der Waals surface area contributed by atoms with Gasteiger partial charge in [-0.1, -0.05) is 44.2 Å². The molecule has 0 aromatic heterocycles. The van der Waals surface area contributed by atoms with Crippen LogP contribution in [0.1, 0.15) is 45.7 Å². The molecule has 1 aliphatic rings. The smallest absolute Gasteiger partial charge is 0.259 e. The summed E-state index contributed by atoms with van der Waals surface area (Å²) >= 11 is 0. The average Bonchev–Trinajstić information content (AvgIpc) is 2.80. The summed E-state index contributed by atoms with van der Waals surface area (Å²) in [6.07, 6.45) is 1.68. The molecule has 0 aliphatic carbocycles. The molecule has 0 spiro atoms. The highest BCUT2D eigenvalue weighted by Crippen LogP contribution is 2.35. The van der Waals surface area contributed by atoms with Gasteiger partial charge in [0.1, 0.15) is 0 Å². The third-order valence-corrected chi connectivity index (χ3v) is 4.02. The number of fused-ring (bicyclic) bond motifs is 1. The maximum atomic E-state index is 12.2. The third-order valence-electron chi connectivity index (χ3n) is 4.02. The van der Waals surface area contributed by atoms with E-state index in [0.29, 0.717) is 11.1 Å². The van der Waals surface area contributed by atoms with E-state index in [-0.39, 0.29) is 11.8 Å². The molecule has 0 saturated heterocycles. The first kappa shape index (κ1) is 13.6. The Bertz CT molecular complexity index is 733. The van der Waals surface area contributed by atoms with Crippen molar-refractivity contribution in [2.75, 3.05) is 0 Å². The Morgan fingerprint density at radius 1 is 0.905 bits per heavy atom. The number of carbonyl (C=O) groups is 2. The minimum Gasteiger partial charge on any atom is -0.288 e. The van der Waals surface area contributed by atoms with Crippen LogP contribution in [0, 0.1) is 0 Å². The van der Waals surface area contributed by atoms with E-state index < -0.39 is 0 Å². The molecule has 3 rings (SSSR count). The van der Waals surface area contributed by atoms with Gasteiger partial charge in [-0.05, 0) is 41.2 Å². The molecule has 0 bridgehead atoms. The zero-order chi connectivity index (χ0) is 15.0. The minimum absolute atomic E-state index is 0.286. The second-order valence-electron chi connectivity index (χ2n) is 5.17. The molecule has 1 heterocycles.